The molecule has 0 amide bonds. The van der Waals surface area contributed by atoms with Crippen LogP contribution in [0.15, 0.2) is 24.3 Å². The Labute approximate surface area is 127 Å². The molecule has 2 rings (SSSR count). The van der Waals surface area contributed by atoms with Crippen molar-refractivity contribution < 1.29 is 18.6 Å². The molecule has 0 aliphatic rings. The van der Waals surface area contributed by atoms with Crippen LogP contribution >= 0.6 is 0 Å². The van der Waals surface area contributed by atoms with E-state index < -0.39 is 17.8 Å². The lowest BCUT2D eigenvalue weighted by atomic mass is 9.99. The number of hydrogen-bond donors (Lipinski definition) is 2. The van der Waals surface area contributed by atoms with Gasteiger partial charge in [-0.05, 0) is 25.5 Å². The number of aromatic nitrogens is 2. The topological polar surface area (TPSA) is 67.3 Å². The Morgan fingerprint density at radius 3 is 2.68 bits per heavy atom. The molecule has 1 aromatic heterocycles. The summed E-state index contributed by atoms with van der Waals surface area (Å²) >= 11 is 0. The second kappa shape index (κ2) is 6.93. The van der Waals surface area contributed by atoms with E-state index in [-0.39, 0.29) is 6.61 Å². The summed E-state index contributed by atoms with van der Waals surface area (Å²) in [5, 5.41) is 13.0. The number of methoxy groups -OCH3 is 1. The molecule has 1 heterocycles. The standard InChI is InChI=1S/C15H19F2N3O2/c1-15(7-8-21,9-22-2)20-13-10-5-3-4-6-11(10)18-14(19-13)12(16)17/h3-6,12,21H,7-9H2,1-2H3,(H,18,19,20). The molecule has 1 atom stereocenters. The quantitative estimate of drug-likeness (QED) is 0.823. The number of anilines is 1. The van der Waals surface area contributed by atoms with E-state index in [0.717, 1.165) is 0 Å². The molecule has 0 aliphatic heterocycles. The zero-order valence-corrected chi connectivity index (χ0v) is 12.5. The van der Waals surface area contributed by atoms with E-state index in [1.165, 1.54) is 0 Å². The fraction of sp³-hybridized carbons (Fsp3) is 0.467. The van der Waals surface area contributed by atoms with Crippen LogP contribution in [0.3, 0.4) is 0 Å². The van der Waals surface area contributed by atoms with Gasteiger partial charge in [-0.2, -0.15) is 0 Å². The maximum atomic E-state index is 13.0. The lowest BCUT2D eigenvalue weighted by Crippen LogP contribution is -2.41. The zero-order chi connectivity index (χ0) is 16.2. The number of aliphatic hydroxyl groups is 1. The van der Waals surface area contributed by atoms with Gasteiger partial charge in [0, 0.05) is 19.1 Å². The number of nitrogens with one attached hydrogen (secondary N) is 1. The van der Waals surface area contributed by atoms with E-state index in [0.29, 0.717) is 29.7 Å². The number of rotatable bonds is 7. The predicted octanol–water partition coefficient (Wildman–Crippen LogP) is 2.77. The van der Waals surface area contributed by atoms with Gasteiger partial charge in [0.1, 0.15) is 5.82 Å². The number of para-hydroxylation sites is 1. The Balaban J connectivity index is 2.48. The van der Waals surface area contributed by atoms with E-state index in [1.807, 2.05) is 6.92 Å². The summed E-state index contributed by atoms with van der Waals surface area (Å²) < 4.78 is 31.1. The third-order valence-electron chi connectivity index (χ3n) is 3.36. The highest BCUT2D eigenvalue weighted by molar-refractivity contribution is 5.89. The lowest BCUT2D eigenvalue weighted by molar-refractivity contribution is 0.130. The van der Waals surface area contributed by atoms with E-state index in [4.69, 9.17) is 4.74 Å². The lowest BCUT2D eigenvalue weighted by Gasteiger charge is -2.30. The van der Waals surface area contributed by atoms with Gasteiger partial charge in [-0.1, -0.05) is 12.1 Å². The molecule has 0 saturated carbocycles. The van der Waals surface area contributed by atoms with Gasteiger partial charge in [-0.3, -0.25) is 0 Å². The van der Waals surface area contributed by atoms with Crippen LogP contribution < -0.4 is 5.32 Å². The summed E-state index contributed by atoms with van der Waals surface area (Å²) in [4.78, 5) is 7.82. The van der Waals surface area contributed by atoms with Crippen molar-refractivity contribution in [1.29, 1.82) is 0 Å². The molecule has 2 N–H and O–H groups in total. The fourth-order valence-corrected chi connectivity index (χ4v) is 2.31. The summed E-state index contributed by atoms with van der Waals surface area (Å²) in [6.45, 7) is 2.08. The van der Waals surface area contributed by atoms with Crippen molar-refractivity contribution in [2.45, 2.75) is 25.3 Å². The van der Waals surface area contributed by atoms with Gasteiger partial charge < -0.3 is 15.2 Å². The van der Waals surface area contributed by atoms with Crippen molar-refractivity contribution in [3.8, 4) is 0 Å². The zero-order valence-electron chi connectivity index (χ0n) is 12.5. The van der Waals surface area contributed by atoms with Crippen LogP contribution in [-0.4, -0.2) is 40.9 Å². The van der Waals surface area contributed by atoms with Gasteiger partial charge in [-0.15, -0.1) is 0 Å². The number of fused-ring (bicyclic) bond motifs is 1. The van der Waals surface area contributed by atoms with Gasteiger partial charge in [0.05, 0.1) is 17.7 Å². The molecule has 1 unspecified atom stereocenters. The van der Waals surface area contributed by atoms with Crippen molar-refractivity contribution in [1.82, 2.24) is 9.97 Å². The molecule has 0 fully saturated rings. The van der Waals surface area contributed by atoms with Gasteiger partial charge in [0.2, 0.25) is 0 Å². The summed E-state index contributed by atoms with van der Waals surface area (Å²) in [6, 6.07) is 6.95. The highest BCUT2D eigenvalue weighted by atomic mass is 19.3. The molecule has 0 saturated heterocycles. The highest BCUT2D eigenvalue weighted by Crippen LogP contribution is 2.27. The van der Waals surface area contributed by atoms with Gasteiger partial charge in [0.15, 0.2) is 5.82 Å². The van der Waals surface area contributed by atoms with E-state index in [1.54, 1.807) is 31.4 Å². The Morgan fingerprint density at radius 2 is 2.05 bits per heavy atom. The number of halogens is 2. The smallest absolute Gasteiger partial charge is 0.297 e. The van der Waals surface area contributed by atoms with Crippen molar-refractivity contribution >= 4 is 16.7 Å². The van der Waals surface area contributed by atoms with E-state index in [2.05, 4.69) is 15.3 Å². The van der Waals surface area contributed by atoms with Crippen LogP contribution in [0.2, 0.25) is 0 Å². The van der Waals surface area contributed by atoms with Crippen LogP contribution in [0.25, 0.3) is 10.9 Å². The van der Waals surface area contributed by atoms with Gasteiger partial charge >= 0.3 is 0 Å². The maximum absolute atomic E-state index is 13.0. The number of benzene rings is 1. The minimum absolute atomic E-state index is 0.0580. The van der Waals surface area contributed by atoms with Crippen molar-refractivity contribution in [3.05, 3.63) is 30.1 Å². The summed E-state index contributed by atoms with van der Waals surface area (Å²) in [6.07, 6.45) is -2.36. The second-order valence-corrected chi connectivity index (χ2v) is 5.34. The molecule has 120 valence electrons. The van der Waals surface area contributed by atoms with Gasteiger partial charge in [-0.25, -0.2) is 18.7 Å². The molecule has 0 aliphatic carbocycles. The Morgan fingerprint density at radius 1 is 1.32 bits per heavy atom. The van der Waals surface area contributed by atoms with E-state index in [9.17, 15) is 13.9 Å². The van der Waals surface area contributed by atoms with Crippen LogP contribution in [0.4, 0.5) is 14.6 Å². The summed E-state index contributed by atoms with van der Waals surface area (Å²) in [5.41, 5.74) is -0.181. The molecule has 7 heteroatoms. The minimum atomic E-state index is -2.75. The minimum Gasteiger partial charge on any atom is -0.396 e. The first-order valence-corrected chi connectivity index (χ1v) is 6.92. The van der Waals surface area contributed by atoms with Crippen LogP contribution in [0.1, 0.15) is 25.6 Å². The molecular formula is C15H19F2N3O2. The number of hydrogen-bond acceptors (Lipinski definition) is 5. The number of ether oxygens (including phenoxy) is 1. The monoisotopic (exact) mass is 311 g/mol. The normalized spacial score (nSPS) is 14.3. The largest absolute Gasteiger partial charge is 0.396 e. The average Bonchev–Trinajstić information content (AvgIpc) is 2.47. The first-order chi connectivity index (χ1) is 10.5. The highest BCUT2D eigenvalue weighted by Gasteiger charge is 2.26. The van der Waals surface area contributed by atoms with Gasteiger partial charge in [0.25, 0.3) is 6.43 Å². The first-order valence-electron chi connectivity index (χ1n) is 6.92. The fourth-order valence-electron chi connectivity index (χ4n) is 2.31. The number of nitrogens with zero attached hydrogens (tertiary/aromatic N) is 2. The maximum Gasteiger partial charge on any atom is 0.297 e. The molecule has 0 spiro atoms. The van der Waals surface area contributed by atoms with Crippen molar-refractivity contribution in [3.63, 3.8) is 0 Å². The molecule has 22 heavy (non-hydrogen) atoms. The van der Waals surface area contributed by atoms with Crippen LogP contribution in [0.5, 0.6) is 0 Å². The number of aliphatic hydroxyl groups excluding tert-OH is 1. The Kier molecular flexibility index (Phi) is 5.20. The third kappa shape index (κ3) is 3.66. The second-order valence-electron chi connectivity index (χ2n) is 5.34. The molecular weight excluding hydrogens is 292 g/mol. The Bertz CT molecular complexity index is 631. The first kappa shape index (κ1) is 16.5. The van der Waals surface area contributed by atoms with Crippen molar-refractivity contribution in [2.24, 2.45) is 0 Å². The third-order valence-corrected chi connectivity index (χ3v) is 3.36. The van der Waals surface area contributed by atoms with Crippen LogP contribution in [-0.2, 0) is 4.74 Å². The molecule has 0 radical (unpaired) electrons. The molecule has 5 nitrogen and oxygen atoms in total. The summed E-state index contributed by atoms with van der Waals surface area (Å²) in [7, 11) is 1.54. The van der Waals surface area contributed by atoms with E-state index >= 15 is 0 Å². The number of alkyl halides is 2. The average molecular weight is 311 g/mol. The molecule has 0 bridgehead atoms. The summed E-state index contributed by atoms with van der Waals surface area (Å²) in [5.74, 6) is -0.209. The molecule has 2 aromatic rings. The SMILES string of the molecule is COCC(C)(CCO)Nc1nc(C(F)F)nc2ccccc12. The van der Waals surface area contributed by atoms with Crippen LogP contribution in [0, 0.1) is 0 Å². The van der Waals surface area contributed by atoms with Crippen molar-refractivity contribution in [2.75, 3.05) is 25.6 Å². The Hall–Kier alpha value is -1.86. The molecule has 1 aromatic carbocycles. The predicted molar refractivity (Wildman–Crippen MR) is 80.1 cm³/mol.